The number of hydroxylamine groups is 1. The first-order valence-corrected chi connectivity index (χ1v) is 8.72. The Morgan fingerprint density at radius 2 is 1.71 bits per heavy atom. The number of aliphatic hydroxyl groups is 1. The van der Waals surface area contributed by atoms with E-state index >= 15 is 0 Å². The summed E-state index contributed by atoms with van der Waals surface area (Å²) in [6.07, 6.45) is -1.33. The number of anilines is 1. The molecule has 148 valence electrons. The molecule has 0 radical (unpaired) electrons. The van der Waals surface area contributed by atoms with Crippen LogP contribution in [-0.2, 0) is 9.59 Å². The summed E-state index contributed by atoms with van der Waals surface area (Å²) in [4.78, 5) is 35.6. The number of amides is 2. The van der Waals surface area contributed by atoms with Crippen molar-refractivity contribution >= 4 is 23.3 Å². The molecule has 0 bridgehead atoms. The van der Waals surface area contributed by atoms with E-state index in [2.05, 4.69) is 5.32 Å². The van der Waals surface area contributed by atoms with E-state index in [0.29, 0.717) is 11.3 Å². The molecule has 0 aliphatic carbocycles. The van der Waals surface area contributed by atoms with E-state index in [9.17, 15) is 19.5 Å². The maximum atomic E-state index is 12.4. The molecule has 8 nitrogen and oxygen atoms in total. The molecular weight excluding hydrogens is 362 g/mol. The Hall–Kier alpha value is -3.07. The van der Waals surface area contributed by atoms with E-state index in [0.717, 1.165) is 11.1 Å². The zero-order chi connectivity index (χ0) is 20.7. The number of nitrogens with two attached hydrogens (primary N) is 1. The fourth-order valence-corrected chi connectivity index (χ4v) is 2.76. The van der Waals surface area contributed by atoms with Crippen molar-refractivity contribution in [2.24, 2.45) is 11.7 Å². The van der Waals surface area contributed by atoms with Gasteiger partial charge in [0.2, 0.25) is 11.8 Å². The maximum absolute atomic E-state index is 12.4. The quantitative estimate of drug-likeness (QED) is 0.264. The number of carbonyl (C=O) groups is 3. The third-order valence-electron chi connectivity index (χ3n) is 4.34. The van der Waals surface area contributed by atoms with Gasteiger partial charge in [0.1, 0.15) is 0 Å². The molecule has 2 atom stereocenters. The first-order valence-electron chi connectivity index (χ1n) is 8.72. The van der Waals surface area contributed by atoms with Crippen molar-refractivity contribution in [2.75, 3.05) is 11.9 Å². The fraction of sp³-hybridized carbons (Fsp3) is 0.250. The number of nitrogens with one attached hydrogen (secondary N) is 2. The summed E-state index contributed by atoms with van der Waals surface area (Å²) in [5.41, 5.74) is 9.33. The molecule has 2 aromatic rings. The van der Waals surface area contributed by atoms with E-state index in [-0.39, 0.29) is 24.7 Å². The highest BCUT2D eigenvalue weighted by Gasteiger charge is 2.26. The third kappa shape index (κ3) is 5.23. The van der Waals surface area contributed by atoms with Gasteiger partial charge in [0.25, 0.3) is 0 Å². The van der Waals surface area contributed by atoms with Gasteiger partial charge in [0.15, 0.2) is 5.78 Å². The van der Waals surface area contributed by atoms with Crippen molar-refractivity contribution in [1.82, 2.24) is 5.48 Å². The summed E-state index contributed by atoms with van der Waals surface area (Å²) < 4.78 is 0. The lowest BCUT2D eigenvalue weighted by molar-refractivity contribution is -0.136. The van der Waals surface area contributed by atoms with E-state index < -0.39 is 17.9 Å². The van der Waals surface area contributed by atoms with Crippen molar-refractivity contribution < 1.29 is 24.7 Å². The first kappa shape index (κ1) is 21.2. The Morgan fingerprint density at radius 3 is 2.29 bits per heavy atom. The lowest BCUT2D eigenvalue weighted by atomic mass is 9.92. The molecule has 0 aliphatic rings. The molecular formula is C20H23N3O5. The minimum absolute atomic E-state index is 0.131. The highest BCUT2D eigenvalue weighted by atomic mass is 16.5. The number of rotatable bonds is 8. The van der Waals surface area contributed by atoms with Crippen LogP contribution in [0.15, 0.2) is 48.5 Å². The predicted molar refractivity (Wildman–Crippen MR) is 104 cm³/mol. The summed E-state index contributed by atoms with van der Waals surface area (Å²) in [7, 11) is 0. The smallest absolute Gasteiger partial charge is 0.249 e. The van der Waals surface area contributed by atoms with Crippen LogP contribution in [0, 0.1) is 5.92 Å². The van der Waals surface area contributed by atoms with Gasteiger partial charge in [-0.2, -0.15) is 0 Å². The lowest BCUT2D eigenvalue weighted by Gasteiger charge is -2.17. The van der Waals surface area contributed by atoms with Crippen molar-refractivity contribution in [3.63, 3.8) is 0 Å². The van der Waals surface area contributed by atoms with Crippen molar-refractivity contribution in [3.8, 4) is 11.1 Å². The largest absolute Gasteiger partial charge is 0.393 e. The van der Waals surface area contributed by atoms with Crippen LogP contribution in [0.1, 0.15) is 23.7 Å². The number of aliphatic hydroxyl groups excluding tert-OH is 1. The number of hydrogen-bond acceptors (Lipinski definition) is 6. The van der Waals surface area contributed by atoms with E-state index in [1.807, 2.05) is 12.1 Å². The Kier molecular flexibility index (Phi) is 7.39. The zero-order valence-corrected chi connectivity index (χ0v) is 15.4. The van der Waals surface area contributed by atoms with Crippen LogP contribution in [0.5, 0.6) is 0 Å². The number of hydrogen-bond donors (Lipinski definition) is 5. The van der Waals surface area contributed by atoms with Gasteiger partial charge in [-0.1, -0.05) is 42.5 Å². The molecule has 2 aromatic carbocycles. The molecule has 0 saturated carbocycles. The molecule has 0 unspecified atom stereocenters. The zero-order valence-electron chi connectivity index (χ0n) is 15.4. The highest BCUT2D eigenvalue weighted by Crippen LogP contribution is 2.28. The van der Waals surface area contributed by atoms with Gasteiger partial charge in [-0.25, -0.2) is 5.48 Å². The van der Waals surface area contributed by atoms with Crippen LogP contribution in [0.3, 0.4) is 0 Å². The van der Waals surface area contributed by atoms with Gasteiger partial charge >= 0.3 is 0 Å². The molecule has 28 heavy (non-hydrogen) atoms. The second-order valence-electron chi connectivity index (χ2n) is 6.33. The summed E-state index contributed by atoms with van der Waals surface area (Å²) in [6.45, 7) is 1.25. The maximum Gasteiger partial charge on any atom is 0.249 e. The molecule has 0 aromatic heterocycles. The van der Waals surface area contributed by atoms with Gasteiger partial charge in [-0.05, 0) is 18.6 Å². The summed E-state index contributed by atoms with van der Waals surface area (Å²) in [5.74, 6) is -2.52. The van der Waals surface area contributed by atoms with Crippen molar-refractivity contribution in [3.05, 3.63) is 54.1 Å². The fourth-order valence-electron chi connectivity index (χ4n) is 2.76. The average Bonchev–Trinajstić information content (AvgIpc) is 2.71. The Morgan fingerprint density at radius 1 is 1.07 bits per heavy atom. The Labute approximate surface area is 162 Å². The summed E-state index contributed by atoms with van der Waals surface area (Å²) in [6, 6.07) is 13.9. The van der Waals surface area contributed by atoms with E-state index in [1.165, 1.54) is 12.4 Å². The molecule has 0 fully saturated rings. The molecule has 6 N–H and O–H groups in total. The van der Waals surface area contributed by atoms with Crippen molar-refractivity contribution in [2.45, 2.75) is 19.4 Å². The van der Waals surface area contributed by atoms with Gasteiger partial charge in [0.05, 0.1) is 18.6 Å². The molecule has 0 aliphatic heterocycles. The summed E-state index contributed by atoms with van der Waals surface area (Å²) in [5, 5.41) is 21.1. The topological polar surface area (TPSA) is 142 Å². The van der Waals surface area contributed by atoms with Crippen LogP contribution >= 0.6 is 0 Å². The van der Waals surface area contributed by atoms with Gasteiger partial charge < -0.3 is 16.2 Å². The molecule has 2 rings (SSSR count). The number of Topliss-reactive ketones (excluding diaryl/α,β-unsaturated/α-hetero) is 1. The Balaban J connectivity index is 2.21. The van der Waals surface area contributed by atoms with Crippen molar-refractivity contribution in [1.29, 1.82) is 0 Å². The molecule has 0 heterocycles. The molecule has 0 saturated heterocycles. The normalized spacial score (nSPS) is 12.7. The Bertz CT molecular complexity index is 849. The number of ketones is 1. The SMILES string of the molecule is C[C@H](O)[C@H](CC(=O)c1ccc(-c2ccccc2NC(=O)CN)cc1)C(=O)NO. The van der Waals surface area contributed by atoms with Gasteiger partial charge in [-0.3, -0.25) is 19.6 Å². The minimum atomic E-state index is -1.09. The average molecular weight is 385 g/mol. The molecule has 8 heteroatoms. The van der Waals surface area contributed by atoms with Crippen LogP contribution in [0.4, 0.5) is 5.69 Å². The van der Waals surface area contributed by atoms with Crippen LogP contribution in [0.25, 0.3) is 11.1 Å². The molecule has 0 spiro atoms. The van der Waals surface area contributed by atoms with Crippen LogP contribution in [0.2, 0.25) is 0 Å². The number of benzene rings is 2. The second kappa shape index (κ2) is 9.75. The van der Waals surface area contributed by atoms with Gasteiger partial charge in [0, 0.05) is 23.2 Å². The second-order valence-corrected chi connectivity index (χ2v) is 6.33. The number of para-hydroxylation sites is 1. The first-order chi connectivity index (χ1) is 13.4. The molecule has 2 amide bonds. The number of carbonyl (C=O) groups excluding carboxylic acids is 3. The highest BCUT2D eigenvalue weighted by molar-refractivity contribution is 6.00. The standard InChI is InChI=1S/C20H23N3O5/c1-12(24)16(20(27)23-28)10-18(25)14-8-6-13(7-9-14)15-4-2-3-5-17(15)22-19(26)11-21/h2-9,12,16,24,28H,10-11,21H2,1H3,(H,22,26)(H,23,27)/t12-,16-/m0/s1. The van der Waals surface area contributed by atoms with E-state index in [4.69, 9.17) is 10.9 Å². The monoisotopic (exact) mass is 385 g/mol. The van der Waals surface area contributed by atoms with Gasteiger partial charge in [-0.15, -0.1) is 0 Å². The lowest BCUT2D eigenvalue weighted by Crippen LogP contribution is -2.36. The summed E-state index contributed by atoms with van der Waals surface area (Å²) >= 11 is 0. The minimum Gasteiger partial charge on any atom is -0.393 e. The predicted octanol–water partition coefficient (Wildman–Crippen LogP) is 1.33. The third-order valence-corrected chi connectivity index (χ3v) is 4.34. The van der Waals surface area contributed by atoms with Crippen LogP contribution in [-0.4, -0.2) is 40.6 Å². The van der Waals surface area contributed by atoms with E-state index in [1.54, 1.807) is 36.4 Å². The van der Waals surface area contributed by atoms with Crippen LogP contribution < -0.4 is 16.5 Å².